The molecule has 2 unspecified atom stereocenters. The van der Waals surface area contributed by atoms with Crippen LogP contribution in [0.15, 0.2) is 22.7 Å². The molecule has 0 bridgehead atoms. The summed E-state index contributed by atoms with van der Waals surface area (Å²) in [4.78, 5) is 0. The van der Waals surface area contributed by atoms with E-state index < -0.39 is 12.2 Å². The van der Waals surface area contributed by atoms with Crippen molar-refractivity contribution in [2.24, 2.45) is 5.73 Å². The summed E-state index contributed by atoms with van der Waals surface area (Å²) >= 11 is 3.34. The summed E-state index contributed by atoms with van der Waals surface area (Å²) in [5.41, 5.74) is 6.51. The molecule has 1 heterocycles. The number of rotatable bonds is 3. The van der Waals surface area contributed by atoms with Gasteiger partial charge in [0, 0.05) is 16.4 Å². The highest BCUT2D eigenvalue weighted by atomic mass is 79.9. The maximum Gasteiger partial charge on any atom is 0.123 e. The first-order valence-corrected chi connectivity index (χ1v) is 5.62. The number of halogens is 1. The first-order chi connectivity index (χ1) is 7.63. The molecular weight excluding hydrogens is 274 g/mol. The molecule has 6 heteroatoms. The lowest BCUT2D eigenvalue weighted by Gasteiger charge is -2.14. The topological polar surface area (TPSA) is 95.2 Å². The molecule has 0 saturated heterocycles. The van der Waals surface area contributed by atoms with Gasteiger partial charge in [-0.05, 0) is 18.2 Å². The highest BCUT2D eigenvalue weighted by Crippen LogP contribution is 2.25. The van der Waals surface area contributed by atoms with E-state index >= 15 is 0 Å². The van der Waals surface area contributed by atoms with Crippen molar-refractivity contribution in [1.29, 1.82) is 0 Å². The number of aliphatic hydroxyl groups excluding tert-OH is 2. The number of H-pyrrole nitrogens is 1. The van der Waals surface area contributed by atoms with E-state index in [4.69, 9.17) is 5.73 Å². The average Bonchev–Trinajstić information content (AvgIpc) is 2.69. The molecule has 5 N–H and O–H groups in total. The van der Waals surface area contributed by atoms with Crippen molar-refractivity contribution in [3.8, 4) is 0 Å². The Morgan fingerprint density at radius 3 is 2.88 bits per heavy atom. The van der Waals surface area contributed by atoms with Gasteiger partial charge in [0.1, 0.15) is 6.10 Å². The fourth-order valence-corrected chi connectivity index (χ4v) is 1.90. The van der Waals surface area contributed by atoms with Crippen LogP contribution in [0.5, 0.6) is 0 Å². The van der Waals surface area contributed by atoms with Gasteiger partial charge >= 0.3 is 0 Å². The molecule has 0 fully saturated rings. The molecule has 1 aromatic carbocycles. The van der Waals surface area contributed by atoms with Gasteiger partial charge in [0.05, 0.1) is 17.3 Å². The maximum absolute atomic E-state index is 9.83. The molecule has 0 aliphatic rings. The van der Waals surface area contributed by atoms with Crippen LogP contribution >= 0.6 is 15.9 Å². The number of aromatic amines is 1. The zero-order chi connectivity index (χ0) is 11.7. The third-order valence-corrected chi connectivity index (χ3v) is 2.94. The van der Waals surface area contributed by atoms with Crippen molar-refractivity contribution in [2.45, 2.75) is 12.2 Å². The number of hydrogen-bond donors (Lipinski definition) is 4. The molecule has 86 valence electrons. The quantitative estimate of drug-likeness (QED) is 0.667. The van der Waals surface area contributed by atoms with Gasteiger partial charge in [-0.15, -0.1) is 0 Å². The van der Waals surface area contributed by atoms with E-state index in [2.05, 4.69) is 26.1 Å². The van der Waals surface area contributed by atoms with Crippen molar-refractivity contribution in [3.05, 3.63) is 28.4 Å². The van der Waals surface area contributed by atoms with Gasteiger partial charge in [-0.2, -0.15) is 5.10 Å². The second-order valence-corrected chi connectivity index (χ2v) is 4.46. The molecule has 2 aromatic rings. The predicted molar refractivity (Wildman–Crippen MR) is 63.8 cm³/mol. The number of nitrogens with zero attached hydrogens (tertiary/aromatic N) is 1. The van der Waals surface area contributed by atoms with Gasteiger partial charge in [-0.3, -0.25) is 5.10 Å². The number of fused-ring (bicyclic) bond motifs is 1. The van der Waals surface area contributed by atoms with Crippen molar-refractivity contribution in [1.82, 2.24) is 10.2 Å². The number of aromatic nitrogens is 2. The van der Waals surface area contributed by atoms with Gasteiger partial charge in [-0.25, -0.2) is 0 Å². The Morgan fingerprint density at radius 2 is 2.19 bits per heavy atom. The Balaban J connectivity index is 2.45. The fraction of sp³-hybridized carbons (Fsp3) is 0.300. The fourth-order valence-electron chi connectivity index (χ4n) is 1.55. The molecule has 0 aliphatic carbocycles. The van der Waals surface area contributed by atoms with E-state index in [9.17, 15) is 10.2 Å². The van der Waals surface area contributed by atoms with Crippen LogP contribution in [0.25, 0.3) is 10.9 Å². The van der Waals surface area contributed by atoms with Crippen LogP contribution in [0.3, 0.4) is 0 Å². The first kappa shape index (κ1) is 11.5. The minimum Gasteiger partial charge on any atom is -0.389 e. The van der Waals surface area contributed by atoms with E-state index in [-0.39, 0.29) is 6.54 Å². The van der Waals surface area contributed by atoms with Crippen LogP contribution in [0.4, 0.5) is 0 Å². The molecule has 0 saturated carbocycles. The second-order valence-electron chi connectivity index (χ2n) is 3.55. The number of benzene rings is 1. The van der Waals surface area contributed by atoms with Crippen molar-refractivity contribution < 1.29 is 10.2 Å². The highest BCUT2D eigenvalue weighted by molar-refractivity contribution is 9.10. The summed E-state index contributed by atoms with van der Waals surface area (Å²) in [7, 11) is 0. The van der Waals surface area contributed by atoms with Crippen LogP contribution in [-0.2, 0) is 0 Å². The largest absolute Gasteiger partial charge is 0.389 e. The summed E-state index contributed by atoms with van der Waals surface area (Å²) in [5, 5.41) is 26.9. The van der Waals surface area contributed by atoms with Gasteiger partial charge in [0.2, 0.25) is 0 Å². The summed E-state index contributed by atoms with van der Waals surface area (Å²) in [5.74, 6) is 0. The van der Waals surface area contributed by atoms with Crippen LogP contribution in [0.1, 0.15) is 11.8 Å². The van der Waals surface area contributed by atoms with E-state index in [0.717, 1.165) is 15.4 Å². The van der Waals surface area contributed by atoms with Crippen LogP contribution in [0, 0.1) is 0 Å². The Kier molecular flexibility index (Phi) is 3.25. The molecular formula is C10H12BrN3O2. The van der Waals surface area contributed by atoms with Crippen molar-refractivity contribution in [3.63, 3.8) is 0 Å². The molecule has 0 spiro atoms. The Bertz CT molecular complexity index is 500. The number of nitrogens with two attached hydrogens (primary N) is 1. The standard InChI is InChI=1S/C10H12BrN3O2/c11-5-1-2-6-7(3-5)13-14-9(6)10(16)8(15)4-12/h1-3,8,10,15-16H,4,12H2,(H,13,14). The van der Waals surface area contributed by atoms with Crippen LogP contribution in [-0.4, -0.2) is 33.1 Å². The molecule has 5 nitrogen and oxygen atoms in total. The molecule has 16 heavy (non-hydrogen) atoms. The lowest BCUT2D eigenvalue weighted by atomic mass is 10.1. The number of nitrogens with one attached hydrogen (secondary N) is 1. The molecule has 0 radical (unpaired) electrons. The zero-order valence-corrected chi connectivity index (χ0v) is 9.98. The predicted octanol–water partition coefficient (Wildman–Crippen LogP) is 0.678. The lowest BCUT2D eigenvalue weighted by Crippen LogP contribution is -2.27. The second kappa shape index (κ2) is 4.50. The molecule has 0 aliphatic heterocycles. The smallest absolute Gasteiger partial charge is 0.123 e. The monoisotopic (exact) mass is 285 g/mol. The summed E-state index contributed by atoms with van der Waals surface area (Å²) in [6.45, 7) is -0.00178. The van der Waals surface area contributed by atoms with Gasteiger partial charge in [0.15, 0.2) is 0 Å². The minimum absolute atomic E-state index is 0.00178. The third-order valence-electron chi connectivity index (χ3n) is 2.45. The summed E-state index contributed by atoms with van der Waals surface area (Å²) < 4.78 is 0.909. The molecule has 0 amide bonds. The van der Waals surface area contributed by atoms with E-state index in [0.29, 0.717) is 5.69 Å². The van der Waals surface area contributed by atoms with E-state index in [1.54, 1.807) is 0 Å². The Hall–Kier alpha value is -0.950. The van der Waals surface area contributed by atoms with E-state index in [1.165, 1.54) is 0 Å². The summed E-state index contributed by atoms with van der Waals surface area (Å²) in [6, 6.07) is 5.50. The van der Waals surface area contributed by atoms with E-state index in [1.807, 2.05) is 18.2 Å². The third kappa shape index (κ3) is 1.97. The van der Waals surface area contributed by atoms with Crippen LogP contribution in [0.2, 0.25) is 0 Å². The number of hydrogen-bond acceptors (Lipinski definition) is 4. The van der Waals surface area contributed by atoms with Crippen molar-refractivity contribution in [2.75, 3.05) is 6.54 Å². The molecule has 2 atom stereocenters. The summed E-state index contributed by atoms with van der Waals surface area (Å²) in [6.07, 6.45) is -2.04. The average molecular weight is 286 g/mol. The Labute approximate surface area is 100 Å². The molecule has 2 rings (SSSR count). The van der Waals surface area contributed by atoms with Crippen molar-refractivity contribution >= 4 is 26.8 Å². The van der Waals surface area contributed by atoms with Crippen LogP contribution < -0.4 is 5.73 Å². The van der Waals surface area contributed by atoms with Gasteiger partial charge in [0.25, 0.3) is 0 Å². The highest BCUT2D eigenvalue weighted by Gasteiger charge is 2.21. The zero-order valence-electron chi connectivity index (χ0n) is 8.39. The Morgan fingerprint density at radius 1 is 1.44 bits per heavy atom. The minimum atomic E-state index is -1.05. The normalized spacial score (nSPS) is 15.2. The molecule has 1 aromatic heterocycles. The van der Waals surface area contributed by atoms with Gasteiger partial charge < -0.3 is 15.9 Å². The first-order valence-electron chi connectivity index (χ1n) is 4.83. The number of aliphatic hydroxyl groups is 2. The maximum atomic E-state index is 9.83. The van der Waals surface area contributed by atoms with Gasteiger partial charge in [-0.1, -0.05) is 15.9 Å². The lowest BCUT2D eigenvalue weighted by molar-refractivity contribution is 0.0225. The SMILES string of the molecule is NCC(O)C(O)c1[nH]nc2cc(Br)ccc12.